The minimum atomic E-state index is -0.453. The van der Waals surface area contributed by atoms with Gasteiger partial charge in [0.25, 0.3) is 0 Å². The second kappa shape index (κ2) is 5.97. The number of urea groups is 1. The van der Waals surface area contributed by atoms with Crippen LogP contribution < -0.4 is 16.0 Å². The third-order valence-electron chi connectivity index (χ3n) is 1.77. The number of likely N-dealkylation sites (N-methyl/N-ethyl adjacent to an activating group) is 1. The Labute approximate surface area is 98.2 Å². The van der Waals surface area contributed by atoms with E-state index in [1.807, 2.05) is 0 Å². The molecule has 0 radical (unpaired) electrons. The van der Waals surface area contributed by atoms with Gasteiger partial charge in [-0.15, -0.1) is 0 Å². The Morgan fingerprint density at radius 1 is 1.38 bits per heavy atom. The van der Waals surface area contributed by atoms with E-state index in [1.54, 1.807) is 24.3 Å². The third-order valence-corrected chi connectivity index (χ3v) is 2.01. The highest BCUT2D eigenvalue weighted by Crippen LogP contribution is 2.14. The van der Waals surface area contributed by atoms with Crippen LogP contribution >= 0.6 is 11.6 Å². The standard InChI is InChI=1S/C10H12ClN3O2/c1-12-9(15)6-13-10(16)14-8-4-2-3-7(11)5-8/h2-5H,6H2,1H3,(H,12,15)(H2,13,14,16). The van der Waals surface area contributed by atoms with E-state index in [-0.39, 0.29) is 12.5 Å². The van der Waals surface area contributed by atoms with E-state index < -0.39 is 6.03 Å². The topological polar surface area (TPSA) is 70.2 Å². The zero-order valence-corrected chi connectivity index (χ0v) is 9.47. The van der Waals surface area contributed by atoms with Crippen molar-refractivity contribution in [1.82, 2.24) is 10.6 Å². The molecular formula is C10H12ClN3O2. The fourth-order valence-corrected chi connectivity index (χ4v) is 1.18. The molecule has 3 amide bonds. The Balaban J connectivity index is 2.43. The van der Waals surface area contributed by atoms with Gasteiger partial charge in [-0.25, -0.2) is 4.79 Å². The normalized spacial score (nSPS) is 9.38. The van der Waals surface area contributed by atoms with Crippen LogP contribution in [0.3, 0.4) is 0 Å². The van der Waals surface area contributed by atoms with E-state index in [2.05, 4.69) is 16.0 Å². The SMILES string of the molecule is CNC(=O)CNC(=O)Nc1cccc(Cl)c1. The number of benzene rings is 1. The van der Waals surface area contributed by atoms with Crippen molar-refractivity contribution >= 4 is 29.2 Å². The fraction of sp³-hybridized carbons (Fsp3) is 0.200. The summed E-state index contributed by atoms with van der Waals surface area (Å²) in [5.74, 6) is -0.263. The smallest absolute Gasteiger partial charge is 0.319 e. The van der Waals surface area contributed by atoms with Crippen molar-refractivity contribution in [2.75, 3.05) is 18.9 Å². The van der Waals surface area contributed by atoms with Gasteiger partial charge in [0.15, 0.2) is 0 Å². The number of halogens is 1. The molecule has 0 aliphatic carbocycles. The Morgan fingerprint density at radius 3 is 2.75 bits per heavy atom. The summed E-state index contributed by atoms with van der Waals surface area (Å²) in [6.45, 7) is -0.0666. The summed E-state index contributed by atoms with van der Waals surface area (Å²) in [5.41, 5.74) is 0.571. The van der Waals surface area contributed by atoms with Gasteiger partial charge in [-0.3, -0.25) is 4.79 Å². The van der Waals surface area contributed by atoms with Crippen molar-refractivity contribution < 1.29 is 9.59 Å². The summed E-state index contributed by atoms with van der Waals surface area (Å²) >= 11 is 5.74. The maximum Gasteiger partial charge on any atom is 0.319 e. The van der Waals surface area contributed by atoms with Crippen molar-refractivity contribution in [3.63, 3.8) is 0 Å². The number of carbonyl (C=O) groups is 2. The van der Waals surface area contributed by atoms with Crippen LogP contribution in [0.2, 0.25) is 5.02 Å². The second-order valence-corrected chi connectivity index (χ2v) is 3.43. The van der Waals surface area contributed by atoms with Gasteiger partial charge in [0, 0.05) is 17.8 Å². The molecule has 0 heterocycles. The van der Waals surface area contributed by atoms with Crippen molar-refractivity contribution in [2.24, 2.45) is 0 Å². The molecule has 1 rings (SSSR count). The highest BCUT2D eigenvalue weighted by Gasteiger charge is 2.03. The lowest BCUT2D eigenvalue weighted by molar-refractivity contribution is -0.119. The Hall–Kier alpha value is -1.75. The van der Waals surface area contributed by atoms with Crippen LogP contribution in [0.5, 0.6) is 0 Å². The molecule has 0 bridgehead atoms. The molecule has 6 heteroatoms. The summed E-state index contributed by atoms with van der Waals surface area (Å²) < 4.78 is 0. The maximum absolute atomic E-state index is 11.3. The maximum atomic E-state index is 11.3. The van der Waals surface area contributed by atoms with Crippen LogP contribution in [0.25, 0.3) is 0 Å². The minimum Gasteiger partial charge on any atom is -0.358 e. The largest absolute Gasteiger partial charge is 0.358 e. The molecule has 0 aliphatic rings. The van der Waals surface area contributed by atoms with Crippen LogP contribution in [-0.2, 0) is 4.79 Å². The summed E-state index contributed by atoms with van der Waals surface area (Å²) in [7, 11) is 1.50. The van der Waals surface area contributed by atoms with E-state index in [1.165, 1.54) is 7.05 Å². The van der Waals surface area contributed by atoms with Crippen LogP contribution in [0.1, 0.15) is 0 Å². The van der Waals surface area contributed by atoms with E-state index >= 15 is 0 Å². The number of rotatable bonds is 3. The monoisotopic (exact) mass is 241 g/mol. The lowest BCUT2D eigenvalue weighted by Crippen LogP contribution is -2.37. The molecule has 3 N–H and O–H groups in total. The minimum absolute atomic E-state index is 0.0666. The second-order valence-electron chi connectivity index (χ2n) is 2.99. The summed E-state index contributed by atoms with van der Waals surface area (Å²) in [6, 6.07) is 6.28. The number of hydrogen-bond donors (Lipinski definition) is 3. The average Bonchev–Trinajstić information content (AvgIpc) is 2.26. The van der Waals surface area contributed by atoms with Crippen molar-refractivity contribution in [1.29, 1.82) is 0 Å². The predicted molar refractivity (Wildman–Crippen MR) is 62.5 cm³/mol. The Kier molecular flexibility index (Phi) is 4.60. The van der Waals surface area contributed by atoms with Crippen LogP contribution in [0.15, 0.2) is 24.3 Å². The number of nitrogens with one attached hydrogen (secondary N) is 3. The molecule has 1 aromatic carbocycles. The number of carbonyl (C=O) groups excluding carboxylic acids is 2. The molecule has 0 spiro atoms. The number of anilines is 1. The Bertz CT molecular complexity index is 395. The van der Waals surface area contributed by atoms with Crippen molar-refractivity contribution in [3.8, 4) is 0 Å². The molecule has 5 nitrogen and oxygen atoms in total. The van der Waals surface area contributed by atoms with E-state index in [0.29, 0.717) is 10.7 Å². The lowest BCUT2D eigenvalue weighted by atomic mass is 10.3. The molecule has 0 fully saturated rings. The first-order chi connectivity index (χ1) is 7.61. The molecule has 0 aromatic heterocycles. The molecule has 1 aromatic rings. The van der Waals surface area contributed by atoms with E-state index in [0.717, 1.165) is 0 Å². The molecule has 0 saturated heterocycles. The molecule has 86 valence electrons. The van der Waals surface area contributed by atoms with Gasteiger partial charge in [0.05, 0.1) is 6.54 Å². The highest BCUT2D eigenvalue weighted by atomic mass is 35.5. The molecule has 0 saturated carbocycles. The predicted octanol–water partition coefficient (Wildman–Crippen LogP) is 1.21. The van der Waals surface area contributed by atoms with Gasteiger partial charge < -0.3 is 16.0 Å². The molecule has 0 unspecified atom stereocenters. The molecule has 0 atom stereocenters. The van der Waals surface area contributed by atoms with Gasteiger partial charge in [-0.1, -0.05) is 17.7 Å². The van der Waals surface area contributed by atoms with Crippen molar-refractivity contribution in [3.05, 3.63) is 29.3 Å². The molecular weight excluding hydrogens is 230 g/mol. The first-order valence-corrected chi connectivity index (χ1v) is 5.00. The first-order valence-electron chi connectivity index (χ1n) is 4.63. The quantitative estimate of drug-likeness (QED) is 0.744. The summed E-state index contributed by atoms with van der Waals surface area (Å²) in [4.78, 5) is 22.1. The highest BCUT2D eigenvalue weighted by molar-refractivity contribution is 6.30. The van der Waals surface area contributed by atoms with Crippen LogP contribution in [-0.4, -0.2) is 25.5 Å². The van der Waals surface area contributed by atoms with Crippen LogP contribution in [0.4, 0.5) is 10.5 Å². The van der Waals surface area contributed by atoms with Gasteiger partial charge in [0.1, 0.15) is 0 Å². The summed E-state index contributed by atoms with van der Waals surface area (Å²) in [6.07, 6.45) is 0. The van der Waals surface area contributed by atoms with Crippen molar-refractivity contribution in [2.45, 2.75) is 0 Å². The molecule has 0 aliphatic heterocycles. The van der Waals surface area contributed by atoms with Gasteiger partial charge in [-0.2, -0.15) is 0 Å². The van der Waals surface area contributed by atoms with Crippen LogP contribution in [0, 0.1) is 0 Å². The number of amides is 3. The fourth-order valence-electron chi connectivity index (χ4n) is 0.990. The lowest BCUT2D eigenvalue weighted by Gasteiger charge is -2.06. The summed E-state index contributed by atoms with van der Waals surface area (Å²) in [5, 5.41) is 7.87. The molecule has 16 heavy (non-hydrogen) atoms. The van der Waals surface area contributed by atoms with E-state index in [9.17, 15) is 9.59 Å². The zero-order valence-electron chi connectivity index (χ0n) is 8.71. The third kappa shape index (κ3) is 4.18. The average molecular weight is 242 g/mol. The zero-order chi connectivity index (χ0) is 12.0. The van der Waals surface area contributed by atoms with E-state index in [4.69, 9.17) is 11.6 Å². The van der Waals surface area contributed by atoms with Gasteiger partial charge in [0.2, 0.25) is 5.91 Å². The Morgan fingerprint density at radius 2 is 2.12 bits per heavy atom. The number of hydrogen-bond acceptors (Lipinski definition) is 2. The van der Waals surface area contributed by atoms with Gasteiger partial charge >= 0.3 is 6.03 Å². The first kappa shape index (κ1) is 12.3. The van der Waals surface area contributed by atoms with Gasteiger partial charge in [-0.05, 0) is 18.2 Å².